The molecule has 3 atom stereocenters. The maximum atomic E-state index is 11.0. The minimum Gasteiger partial charge on any atom is -0.493 e. The molecule has 5 heteroatoms. The number of carboxylic acid groups (broad SMARTS) is 1. The van der Waals surface area contributed by atoms with E-state index in [1.165, 1.54) is 0 Å². The van der Waals surface area contributed by atoms with E-state index in [0.29, 0.717) is 19.6 Å². The van der Waals surface area contributed by atoms with Crippen LogP contribution < -0.4 is 10.5 Å². The second-order valence-electron chi connectivity index (χ2n) is 6.38. The molecule has 2 rings (SSSR count). The summed E-state index contributed by atoms with van der Waals surface area (Å²) in [4.78, 5) is 11.0. The molecule has 0 spiro atoms. The highest BCUT2D eigenvalue weighted by Gasteiger charge is 2.27. The summed E-state index contributed by atoms with van der Waals surface area (Å²) in [6.07, 6.45) is 4.41. The second kappa shape index (κ2) is 8.89. The number of hydrogen-bond acceptors (Lipinski definition) is 4. The third-order valence-electron chi connectivity index (χ3n) is 4.65. The molecule has 3 unspecified atom stereocenters. The first kappa shape index (κ1) is 17.8. The van der Waals surface area contributed by atoms with Crippen LogP contribution in [0.5, 0.6) is 5.75 Å². The summed E-state index contributed by atoms with van der Waals surface area (Å²) in [6, 6.07) is 7.43. The van der Waals surface area contributed by atoms with Gasteiger partial charge in [0.15, 0.2) is 0 Å². The van der Waals surface area contributed by atoms with Gasteiger partial charge in [-0.25, -0.2) is 0 Å². The monoisotopic (exact) mass is 321 g/mol. The van der Waals surface area contributed by atoms with Gasteiger partial charge < -0.3 is 20.7 Å². The first-order valence-electron chi connectivity index (χ1n) is 8.43. The van der Waals surface area contributed by atoms with Gasteiger partial charge in [-0.1, -0.05) is 25.0 Å². The Bertz CT molecular complexity index is 506. The van der Waals surface area contributed by atoms with Crippen molar-refractivity contribution in [1.82, 2.24) is 0 Å². The van der Waals surface area contributed by atoms with Gasteiger partial charge in [0.1, 0.15) is 5.75 Å². The predicted octanol–water partition coefficient (Wildman–Crippen LogP) is 2.73. The van der Waals surface area contributed by atoms with Crippen molar-refractivity contribution < 1.29 is 19.7 Å². The molecule has 23 heavy (non-hydrogen) atoms. The van der Waals surface area contributed by atoms with E-state index in [-0.39, 0.29) is 18.3 Å². The van der Waals surface area contributed by atoms with Crippen LogP contribution in [0, 0.1) is 11.8 Å². The lowest BCUT2D eigenvalue weighted by Crippen LogP contribution is -2.27. The maximum Gasteiger partial charge on any atom is 0.303 e. The van der Waals surface area contributed by atoms with Crippen molar-refractivity contribution in [3.8, 4) is 5.75 Å². The molecule has 1 saturated carbocycles. The number of rotatable bonds is 8. The summed E-state index contributed by atoms with van der Waals surface area (Å²) >= 11 is 0. The predicted molar refractivity (Wildman–Crippen MR) is 88.3 cm³/mol. The van der Waals surface area contributed by atoms with E-state index in [0.717, 1.165) is 37.0 Å². The number of benzene rings is 1. The summed E-state index contributed by atoms with van der Waals surface area (Å²) in [7, 11) is 0. The molecule has 0 heterocycles. The fraction of sp³-hybridized carbons (Fsp3) is 0.611. The molecule has 0 amide bonds. The summed E-state index contributed by atoms with van der Waals surface area (Å²) in [5.74, 6) is 0.483. The fourth-order valence-corrected chi connectivity index (χ4v) is 3.34. The minimum absolute atomic E-state index is 0.201. The SMILES string of the molecule is NCCC(O)c1cccc(OCC2CCCCC2CC(=O)O)c1. The molecule has 1 aliphatic carbocycles. The molecule has 1 aromatic carbocycles. The van der Waals surface area contributed by atoms with Gasteiger partial charge in [-0.05, 0) is 55.3 Å². The molecule has 128 valence electrons. The van der Waals surface area contributed by atoms with Gasteiger partial charge in [0.25, 0.3) is 0 Å². The number of aliphatic hydroxyl groups excluding tert-OH is 1. The molecule has 4 N–H and O–H groups in total. The normalized spacial score (nSPS) is 22.5. The van der Waals surface area contributed by atoms with Gasteiger partial charge in [-0.2, -0.15) is 0 Å². The zero-order chi connectivity index (χ0) is 16.7. The Morgan fingerprint density at radius 2 is 2.04 bits per heavy atom. The molecule has 1 fully saturated rings. The van der Waals surface area contributed by atoms with E-state index in [1.54, 1.807) is 0 Å². The van der Waals surface area contributed by atoms with Gasteiger partial charge in [0.2, 0.25) is 0 Å². The first-order valence-corrected chi connectivity index (χ1v) is 8.43. The molecule has 0 radical (unpaired) electrons. The van der Waals surface area contributed by atoms with Gasteiger partial charge in [-0.3, -0.25) is 4.79 Å². The molecular weight excluding hydrogens is 294 g/mol. The van der Waals surface area contributed by atoms with Crippen LogP contribution in [0.15, 0.2) is 24.3 Å². The van der Waals surface area contributed by atoms with Gasteiger partial charge in [0.05, 0.1) is 12.7 Å². The van der Waals surface area contributed by atoms with Crippen molar-refractivity contribution in [3.05, 3.63) is 29.8 Å². The summed E-state index contributed by atoms with van der Waals surface area (Å²) in [5, 5.41) is 19.0. The standard InChI is InChI=1S/C18H27NO4/c19-9-8-17(20)14-6-3-7-16(10-14)23-12-15-5-2-1-4-13(15)11-18(21)22/h3,6-7,10,13,15,17,20H,1-2,4-5,8-9,11-12,19H2,(H,21,22). The Morgan fingerprint density at radius 3 is 2.74 bits per heavy atom. The zero-order valence-corrected chi connectivity index (χ0v) is 13.5. The Hall–Kier alpha value is -1.59. The van der Waals surface area contributed by atoms with Crippen molar-refractivity contribution in [2.75, 3.05) is 13.2 Å². The first-order chi connectivity index (χ1) is 11.1. The lowest BCUT2D eigenvalue weighted by molar-refractivity contribution is -0.139. The van der Waals surface area contributed by atoms with Gasteiger partial charge in [-0.15, -0.1) is 0 Å². The number of nitrogens with two attached hydrogens (primary N) is 1. The Kier molecular flexibility index (Phi) is 6.86. The average Bonchev–Trinajstić information content (AvgIpc) is 2.54. The van der Waals surface area contributed by atoms with Crippen molar-refractivity contribution in [2.45, 2.75) is 44.6 Å². The Balaban J connectivity index is 1.93. The number of carbonyl (C=O) groups is 1. The van der Waals surface area contributed by atoms with E-state index in [4.69, 9.17) is 15.6 Å². The largest absolute Gasteiger partial charge is 0.493 e. The van der Waals surface area contributed by atoms with Crippen LogP contribution in [0.25, 0.3) is 0 Å². The molecule has 0 aromatic heterocycles. The van der Waals surface area contributed by atoms with Crippen LogP contribution in [-0.4, -0.2) is 29.3 Å². The van der Waals surface area contributed by atoms with Crippen LogP contribution in [0.4, 0.5) is 0 Å². The topological polar surface area (TPSA) is 92.8 Å². The summed E-state index contributed by atoms with van der Waals surface area (Å²) < 4.78 is 5.89. The number of hydrogen-bond donors (Lipinski definition) is 3. The Morgan fingerprint density at radius 1 is 1.30 bits per heavy atom. The highest BCUT2D eigenvalue weighted by atomic mass is 16.5. The van der Waals surface area contributed by atoms with E-state index < -0.39 is 12.1 Å². The highest BCUT2D eigenvalue weighted by Crippen LogP contribution is 2.33. The van der Waals surface area contributed by atoms with Crippen molar-refractivity contribution in [2.24, 2.45) is 17.6 Å². The fourth-order valence-electron chi connectivity index (χ4n) is 3.34. The molecule has 1 aliphatic rings. The molecule has 1 aromatic rings. The third kappa shape index (κ3) is 5.52. The van der Waals surface area contributed by atoms with Crippen LogP contribution in [-0.2, 0) is 4.79 Å². The van der Waals surface area contributed by atoms with Crippen LogP contribution in [0.2, 0.25) is 0 Å². The molecule has 0 bridgehead atoms. The van der Waals surface area contributed by atoms with E-state index in [2.05, 4.69) is 0 Å². The molecule has 0 saturated heterocycles. The number of carboxylic acids is 1. The lowest BCUT2D eigenvalue weighted by atomic mass is 9.78. The van der Waals surface area contributed by atoms with E-state index >= 15 is 0 Å². The van der Waals surface area contributed by atoms with Crippen LogP contribution in [0.1, 0.15) is 50.2 Å². The molecular formula is C18H27NO4. The molecule has 5 nitrogen and oxygen atoms in total. The smallest absolute Gasteiger partial charge is 0.303 e. The summed E-state index contributed by atoms with van der Waals surface area (Å²) in [6.45, 7) is 0.972. The van der Waals surface area contributed by atoms with Gasteiger partial charge in [0, 0.05) is 6.42 Å². The zero-order valence-electron chi connectivity index (χ0n) is 13.5. The van der Waals surface area contributed by atoms with Crippen LogP contribution in [0.3, 0.4) is 0 Å². The van der Waals surface area contributed by atoms with Gasteiger partial charge >= 0.3 is 5.97 Å². The number of aliphatic hydroxyl groups is 1. The molecule has 0 aliphatic heterocycles. The van der Waals surface area contributed by atoms with E-state index in [1.807, 2.05) is 24.3 Å². The Labute approximate surface area is 137 Å². The lowest BCUT2D eigenvalue weighted by Gasteiger charge is -2.30. The average molecular weight is 321 g/mol. The summed E-state index contributed by atoms with van der Waals surface area (Å²) in [5.41, 5.74) is 6.28. The number of ether oxygens (including phenoxy) is 1. The minimum atomic E-state index is -0.728. The van der Waals surface area contributed by atoms with Crippen LogP contribution >= 0.6 is 0 Å². The highest BCUT2D eigenvalue weighted by molar-refractivity contribution is 5.67. The van der Waals surface area contributed by atoms with Crippen molar-refractivity contribution in [3.63, 3.8) is 0 Å². The van der Waals surface area contributed by atoms with E-state index in [9.17, 15) is 9.90 Å². The van der Waals surface area contributed by atoms with Crippen molar-refractivity contribution >= 4 is 5.97 Å². The van der Waals surface area contributed by atoms with Crippen molar-refractivity contribution in [1.29, 1.82) is 0 Å². The second-order valence-corrected chi connectivity index (χ2v) is 6.38. The third-order valence-corrected chi connectivity index (χ3v) is 4.65. The quantitative estimate of drug-likeness (QED) is 0.684. The maximum absolute atomic E-state index is 11.0. The number of aliphatic carboxylic acids is 1.